The van der Waals surface area contributed by atoms with Gasteiger partial charge in [0.2, 0.25) is 5.91 Å². The van der Waals surface area contributed by atoms with E-state index in [4.69, 9.17) is 10.5 Å². The van der Waals surface area contributed by atoms with Gasteiger partial charge in [-0.05, 0) is 50.5 Å². The number of anilines is 1. The highest BCUT2D eigenvalue weighted by molar-refractivity contribution is 5.94. The van der Waals surface area contributed by atoms with E-state index < -0.39 is 29.2 Å². The fourth-order valence-electron chi connectivity index (χ4n) is 5.15. The number of amides is 1. The number of rotatable bonds is 8. The van der Waals surface area contributed by atoms with Crippen LogP contribution in [0.5, 0.6) is 11.5 Å². The van der Waals surface area contributed by atoms with Gasteiger partial charge in [-0.2, -0.15) is 23.4 Å². The molecule has 1 aliphatic heterocycles. The second-order valence-electron chi connectivity index (χ2n) is 9.95. The van der Waals surface area contributed by atoms with Gasteiger partial charge < -0.3 is 25.3 Å². The number of nitrogens with zero attached hydrogens (tertiary/aromatic N) is 5. The minimum atomic E-state index is -4.90. The van der Waals surface area contributed by atoms with Crippen molar-refractivity contribution in [1.29, 1.82) is 0 Å². The summed E-state index contributed by atoms with van der Waals surface area (Å²) in [7, 11) is 3.70. The molecule has 2 aromatic carbocycles. The van der Waals surface area contributed by atoms with Crippen LogP contribution in [0.4, 0.5) is 23.2 Å². The minimum absolute atomic E-state index is 0.0967. The highest BCUT2D eigenvalue weighted by Gasteiger charge is 2.42. The van der Waals surface area contributed by atoms with E-state index in [0.717, 1.165) is 12.1 Å². The third kappa shape index (κ3) is 5.78. The van der Waals surface area contributed by atoms with E-state index in [2.05, 4.69) is 20.4 Å². The van der Waals surface area contributed by atoms with Crippen LogP contribution in [-0.2, 0) is 6.18 Å². The fourth-order valence-corrected chi connectivity index (χ4v) is 5.15. The van der Waals surface area contributed by atoms with Crippen molar-refractivity contribution in [2.24, 2.45) is 5.73 Å². The Hall–Kier alpha value is -4.49. The molecule has 2 aromatic heterocycles. The van der Waals surface area contributed by atoms with Crippen LogP contribution in [0.2, 0.25) is 0 Å². The summed E-state index contributed by atoms with van der Waals surface area (Å²) in [4.78, 5) is 15.9. The summed E-state index contributed by atoms with van der Waals surface area (Å²) in [6, 6.07) is 10.9. The first-order chi connectivity index (χ1) is 20.1. The second kappa shape index (κ2) is 11.8. The average molecular weight is 584 g/mol. The van der Waals surface area contributed by atoms with E-state index >= 15 is 13.2 Å². The highest BCUT2D eigenvalue weighted by atomic mass is 19.4. The predicted octanol–water partition coefficient (Wildman–Crippen LogP) is 4.32. The summed E-state index contributed by atoms with van der Waals surface area (Å²) in [5.74, 6) is -2.43. The summed E-state index contributed by atoms with van der Waals surface area (Å²) in [5.41, 5.74) is 5.48. The van der Waals surface area contributed by atoms with Crippen molar-refractivity contribution in [3.8, 4) is 28.4 Å². The van der Waals surface area contributed by atoms with Crippen LogP contribution in [0.1, 0.15) is 15.9 Å². The maximum absolute atomic E-state index is 15.1. The molecule has 0 saturated carbocycles. The quantitative estimate of drug-likeness (QED) is 0.298. The van der Waals surface area contributed by atoms with Gasteiger partial charge in [-0.1, -0.05) is 12.1 Å². The normalized spacial score (nSPS) is 16.0. The number of carbonyl (C=O) groups is 1. The molecule has 0 spiro atoms. The number of hydrogen-bond acceptors (Lipinski definition) is 7. The highest BCUT2D eigenvalue weighted by Crippen LogP contribution is 2.48. The van der Waals surface area contributed by atoms with Crippen LogP contribution >= 0.6 is 0 Å². The van der Waals surface area contributed by atoms with E-state index in [1.807, 2.05) is 7.05 Å². The van der Waals surface area contributed by atoms with Crippen molar-refractivity contribution in [2.45, 2.75) is 12.2 Å². The molecule has 5 rings (SSSR count). The van der Waals surface area contributed by atoms with Gasteiger partial charge in [-0.15, -0.1) is 0 Å². The number of hydrogen-bond donors (Lipinski definition) is 2. The molecule has 0 aliphatic carbocycles. The lowest BCUT2D eigenvalue weighted by Crippen LogP contribution is -2.55. The van der Waals surface area contributed by atoms with Crippen LogP contribution < -0.4 is 20.7 Å². The predicted molar refractivity (Wildman–Crippen MR) is 149 cm³/mol. The third-order valence-corrected chi connectivity index (χ3v) is 7.24. The first-order valence-corrected chi connectivity index (χ1v) is 13.1. The lowest BCUT2D eigenvalue weighted by molar-refractivity contribution is -0.138. The van der Waals surface area contributed by atoms with Crippen LogP contribution in [0.25, 0.3) is 16.9 Å². The van der Waals surface area contributed by atoms with E-state index in [9.17, 15) is 9.18 Å². The fraction of sp³-hybridized carbons (Fsp3) is 0.276. The molecule has 0 unspecified atom stereocenters. The van der Waals surface area contributed by atoms with E-state index in [0.29, 0.717) is 24.3 Å². The Morgan fingerprint density at radius 1 is 1.12 bits per heavy atom. The van der Waals surface area contributed by atoms with Gasteiger partial charge in [-0.3, -0.25) is 9.69 Å². The molecule has 0 bridgehead atoms. The topological polar surface area (TPSA) is 102 Å². The average Bonchev–Trinajstić information content (AvgIpc) is 3.41. The van der Waals surface area contributed by atoms with Gasteiger partial charge in [0.1, 0.15) is 11.3 Å². The lowest BCUT2D eigenvalue weighted by Gasteiger charge is -2.42. The number of nitrogens with two attached hydrogens (primary N) is 1. The summed E-state index contributed by atoms with van der Waals surface area (Å²) >= 11 is 0. The van der Waals surface area contributed by atoms with Gasteiger partial charge in [0.05, 0.1) is 35.0 Å². The molecular weight excluding hydrogens is 554 g/mol. The molecule has 1 atom stereocenters. The van der Waals surface area contributed by atoms with Gasteiger partial charge in [0, 0.05) is 44.0 Å². The van der Waals surface area contributed by atoms with Crippen molar-refractivity contribution < 1.29 is 27.1 Å². The largest absolute Gasteiger partial charge is 0.454 e. The number of ether oxygens (including phenoxy) is 1. The van der Waals surface area contributed by atoms with Crippen LogP contribution in [0.15, 0.2) is 67.1 Å². The number of halogens is 4. The molecular formula is C29H29F4N7O2. The zero-order chi connectivity index (χ0) is 30.0. The van der Waals surface area contributed by atoms with Crippen LogP contribution in [0, 0.1) is 5.82 Å². The monoisotopic (exact) mass is 583 g/mol. The third-order valence-electron chi connectivity index (χ3n) is 7.24. The summed E-state index contributed by atoms with van der Waals surface area (Å²) in [5, 5.41) is 10.8. The van der Waals surface area contributed by atoms with Crippen LogP contribution in [-0.4, -0.2) is 71.9 Å². The number of benzene rings is 2. The Kier molecular flexibility index (Phi) is 8.14. The number of aromatic nitrogens is 3. The summed E-state index contributed by atoms with van der Waals surface area (Å²) < 4.78 is 66.9. The molecule has 13 heteroatoms. The Balaban J connectivity index is 1.78. The Bertz CT molecular complexity index is 1580. The van der Waals surface area contributed by atoms with Gasteiger partial charge in [0.25, 0.3) is 0 Å². The van der Waals surface area contributed by atoms with E-state index in [-0.39, 0.29) is 41.8 Å². The summed E-state index contributed by atoms with van der Waals surface area (Å²) in [6.07, 6.45) is -0.621. The van der Waals surface area contributed by atoms with E-state index in [1.54, 1.807) is 18.0 Å². The first kappa shape index (κ1) is 29.0. The molecule has 220 valence electrons. The standard InChI is InChI=1S/C29H29F4N7O2/c1-35-15-20-17-39(12-11-38(20)2)27-22(40-16-19(28(34)41)13-23(40)18-9-10-36-37-14-18)7-8-25(26(27)29(31,32)33)42-24-6-4-3-5-21(24)30/h3-10,13-14,16,20,35H,11-12,15,17H2,1-2H3,(H2,34,41)/t20-/m0/s1. The lowest BCUT2D eigenvalue weighted by atomic mass is 10.0. The number of piperazine rings is 1. The minimum Gasteiger partial charge on any atom is -0.454 e. The maximum atomic E-state index is 15.1. The van der Waals surface area contributed by atoms with Gasteiger partial charge >= 0.3 is 6.18 Å². The molecule has 1 fully saturated rings. The molecule has 0 radical (unpaired) electrons. The zero-order valence-electron chi connectivity index (χ0n) is 22.9. The molecule has 42 heavy (non-hydrogen) atoms. The molecule has 9 nitrogen and oxygen atoms in total. The van der Waals surface area contributed by atoms with Crippen molar-refractivity contribution in [2.75, 3.05) is 45.2 Å². The Morgan fingerprint density at radius 3 is 2.57 bits per heavy atom. The molecule has 3 heterocycles. The maximum Gasteiger partial charge on any atom is 0.422 e. The number of carbonyl (C=O) groups excluding carboxylic acids is 1. The SMILES string of the molecule is CNC[C@H]1CN(c2c(-n3cc(C(N)=O)cc3-c3ccnnc3)ccc(Oc3ccccc3F)c2C(F)(F)F)CCN1C. The Labute approximate surface area is 239 Å². The Morgan fingerprint density at radius 2 is 1.90 bits per heavy atom. The first-order valence-electron chi connectivity index (χ1n) is 13.1. The smallest absolute Gasteiger partial charge is 0.422 e. The zero-order valence-corrected chi connectivity index (χ0v) is 22.9. The number of primary amides is 1. The molecule has 1 amide bonds. The van der Waals surface area contributed by atoms with Gasteiger partial charge in [0.15, 0.2) is 11.6 Å². The molecule has 4 aromatic rings. The number of para-hydroxylation sites is 1. The molecule has 1 aliphatic rings. The van der Waals surface area contributed by atoms with Crippen molar-refractivity contribution in [1.82, 2.24) is 25.0 Å². The number of nitrogens with one attached hydrogen (secondary N) is 1. The number of likely N-dealkylation sites (N-methyl/N-ethyl adjacent to an activating group) is 2. The van der Waals surface area contributed by atoms with Crippen molar-refractivity contribution in [3.63, 3.8) is 0 Å². The van der Waals surface area contributed by atoms with Crippen molar-refractivity contribution >= 4 is 11.6 Å². The second-order valence-corrected chi connectivity index (χ2v) is 9.95. The number of alkyl halides is 3. The van der Waals surface area contributed by atoms with Gasteiger partial charge in [-0.25, -0.2) is 4.39 Å². The molecule has 1 saturated heterocycles. The van der Waals surface area contributed by atoms with E-state index in [1.165, 1.54) is 53.5 Å². The summed E-state index contributed by atoms with van der Waals surface area (Å²) in [6.45, 7) is 1.55. The molecule has 3 N–H and O–H groups in total. The van der Waals surface area contributed by atoms with Crippen molar-refractivity contribution in [3.05, 3.63) is 84.1 Å². The van der Waals surface area contributed by atoms with Crippen LogP contribution in [0.3, 0.4) is 0 Å².